The Morgan fingerprint density at radius 2 is 2.19 bits per heavy atom. The van der Waals surface area contributed by atoms with Crippen LogP contribution >= 0.6 is 0 Å². The molecule has 0 saturated carbocycles. The van der Waals surface area contributed by atoms with Crippen LogP contribution in [0.25, 0.3) is 0 Å². The molecule has 0 aliphatic heterocycles. The smallest absolute Gasteiger partial charge is 0.161 e. The van der Waals surface area contributed by atoms with Crippen molar-refractivity contribution in [1.29, 1.82) is 0 Å². The summed E-state index contributed by atoms with van der Waals surface area (Å²) in [6, 6.07) is 0. The Labute approximate surface area is 94.3 Å². The third kappa shape index (κ3) is 4.40. The Hall–Kier alpha value is -1.42. The fourth-order valence-electron chi connectivity index (χ4n) is 1.60. The number of aliphatic carboxylic acids is 1. The highest BCUT2D eigenvalue weighted by molar-refractivity contribution is 5.98. The molecule has 0 aromatic heterocycles. The zero-order valence-corrected chi connectivity index (χ0v) is 9.02. The summed E-state index contributed by atoms with van der Waals surface area (Å²) in [6.45, 7) is 0. The van der Waals surface area contributed by atoms with Crippen molar-refractivity contribution in [2.45, 2.75) is 38.2 Å². The molecule has 1 atom stereocenters. The Morgan fingerprint density at radius 3 is 2.75 bits per heavy atom. The van der Waals surface area contributed by atoms with Crippen LogP contribution in [0.5, 0.6) is 0 Å². The van der Waals surface area contributed by atoms with Crippen LogP contribution in [0.4, 0.5) is 0 Å². The molecule has 16 heavy (non-hydrogen) atoms. The molecule has 1 N–H and O–H groups in total. The summed E-state index contributed by atoms with van der Waals surface area (Å²) in [5, 5.41) is 19.3. The second-order valence-electron chi connectivity index (χ2n) is 3.81. The quantitative estimate of drug-likeness (QED) is 0.648. The van der Waals surface area contributed by atoms with Crippen LogP contribution in [0.15, 0.2) is 23.8 Å². The number of ketones is 1. The van der Waals surface area contributed by atoms with Gasteiger partial charge in [0.05, 0.1) is 6.10 Å². The van der Waals surface area contributed by atoms with Crippen molar-refractivity contribution in [3.05, 3.63) is 23.8 Å². The first kappa shape index (κ1) is 12.6. The predicted octanol–water partition coefficient (Wildman–Crippen LogP) is 0.113. The van der Waals surface area contributed by atoms with Gasteiger partial charge in [0.2, 0.25) is 0 Å². The summed E-state index contributed by atoms with van der Waals surface area (Å²) in [6.07, 6.45) is 6.57. The van der Waals surface area contributed by atoms with E-state index in [9.17, 15) is 19.8 Å². The SMILES string of the molecule is O=C([O-])CC/C=C/CCC1=CC(O)CC1=O. The van der Waals surface area contributed by atoms with Gasteiger partial charge in [0.1, 0.15) is 0 Å². The minimum absolute atomic E-state index is 0.00985. The van der Waals surface area contributed by atoms with Gasteiger partial charge >= 0.3 is 0 Å². The molecule has 0 fully saturated rings. The maximum atomic E-state index is 11.3. The first-order chi connectivity index (χ1) is 7.59. The number of carboxylic acids is 1. The van der Waals surface area contributed by atoms with Crippen LogP contribution < -0.4 is 5.11 Å². The summed E-state index contributed by atoms with van der Waals surface area (Å²) in [5.41, 5.74) is 0.678. The Bertz CT molecular complexity index is 328. The molecular weight excluding hydrogens is 208 g/mol. The number of allylic oxidation sites excluding steroid dienone is 3. The molecule has 4 nitrogen and oxygen atoms in total. The lowest BCUT2D eigenvalue weighted by atomic mass is 10.1. The summed E-state index contributed by atoms with van der Waals surface area (Å²) in [4.78, 5) is 21.3. The zero-order valence-electron chi connectivity index (χ0n) is 9.02. The zero-order chi connectivity index (χ0) is 12.0. The third-order valence-corrected chi connectivity index (χ3v) is 2.41. The van der Waals surface area contributed by atoms with E-state index in [4.69, 9.17) is 0 Å². The van der Waals surface area contributed by atoms with Crippen molar-refractivity contribution in [1.82, 2.24) is 0 Å². The van der Waals surface area contributed by atoms with E-state index in [-0.39, 0.29) is 18.6 Å². The van der Waals surface area contributed by atoms with Crippen molar-refractivity contribution in [2.75, 3.05) is 0 Å². The summed E-state index contributed by atoms with van der Waals surface area (Å²) < 4.78 is 0. The van der Waals surface area contributed by atoms with Crippen LogP contribution in [0.1, 0.15) is 32.1 Å². The number of hydrogen-bond donors (Lipinski definition) is 1. The highest BCUT2D eigenvalue weighted by Crippen LogP contribution is 2.19. The van der Waals surface area contributed by atoms with E-state index in [1.165, 1.54) is 0 Å². The Kier molecular flexibility index (Phi) is 4.92. The molecule has 0 aromatic carbocycles. The van der Waals surface area contributed by atoms with Crippen LogP contribution in [0.3, 0.4) is 0 Å². The normalized spacial score (nSPS) is 20.4. The van der Waals surface area contributed by atoms with Crippen LogP contribution in [-0.4, -0.2) is 23.0 Å². The number of carboxylic acid groups (broad SMARTS) is 1. The maximum Gasteiger partial charge on any atom is 0.161 e. The largest absolute Gasteiger partial charge is 0.550 e. The number of aliphatic hydroxyl groups is 1. The molecule has 0 aromatic rings. The summed E-state index contributed by atoms with van der Waals surface area (Å²) in [5.74, 6) is -1.04. The molecule has 88 valence electrons. The fraction of sp³-hybridized carbons (Fsp3) is 0.500. The van der Waals surface area contributed by atoms with E-state index in [1.807, 2.05) is 6.08 Å². The van der Waals surface area contributed by atoms with Gasteiger partial charge in [-0.05, 0) is 37.3 Å². The van der Waals surface area contributed by atoms with Crippen LogP contribution in [0.2, 0.25) is 0 Å². The molecule has 0 saturated heterocycles. The maximum absolute atomic E-state index is 11.3. The minimum Gasteiger partial charge on any atom is -0.550 e. The molecule has 0 heterocycles. The van der Waals surface area contributed by atoms with Crippen LogP contribution in [0, 0.1) is 0 Å². The van der Waals surface area contributed by atoms with Crippen LogP contribution in [-0.2, 0) is 9.59 Å². The fourth-order valence-corrected chi connectivity index (χ4v) is 1.60. The van der Waals surface area contributed by atoms with Gasteiger partial charge in [0.15, 0.2) is 5.78 Å². The van der Waals surface area contributed by atoms with E-state index >= 15 is 0 Å². The van der Waals surface area contributed by atoms with Gasteiger partial charge in [-0.1, -0.05) is 12.2 Å². The Morgan fingerprint density at radius 1 is 1.50 bits per heavy atom. The first-order valence-corrected chi connectivity index (χ1v) is 5.36. The van der Waals surface area contributed by atoms with Gasteiger partial charge in [0, 0.05) is 12.4 Å². The lowest BCUT2D eigenvalue weighted by Crippen LogP contribution is -2.21. The second kappa shape index (κ2) is 6.23. The van der Waals surface area contributed by atoms with Gasteiger partial charge in [0.25, 0.3) is 0 Å². The van der Waals surface area contributed by atoms with Gasteiger partial charge in [-0.2, -0.15) is 0 Å². The molecule has 0 spiro atoms. The van der Waals surface area contributed by atoms with Crippen molar-refractivity contribution < 1.29 is 19.8 Å². The standard InChI is InChI=1S/C12H16O4/c13-10-7-9(11(14)8-10)5-3-1-2-4-6-12(15)16/h1-2,7,10,13H,3-6,8H2,(H,15,16)/p-1/b2-1+. The van der Waals surface area contributed by atoms with Gasteiger partial charge in [-0.3, -0.25) is 4.79 Å². The third-order valence-electron chi connectivity index (χ3n) is 2.41. The van der Waals surface area contributed by atoms with Crippen molar-refractivity contribution >= 4 is 11.8 Å². The summed E-state index contributed by atoms with van der Waals surface area (Å²) in [7, 11) is 0. The predicted molar refractivity (Wildman–Crippen MR) is 56.3 cm³/mol. The lowest BCUT2D eigenvalue weighted by Gasteiger charge is -1.97. The second-order valence-corrected chi connectivity index (χ2v) is 3.81. The first-order valence-electron chi connectivity index (χ1n) is 5.36. The molecule has 4 heteroatoms. The van der Waals surface area contributed by atoms with Gasteiger partial charge in [-0.25, -0.2) is 0 Å². The molecule has 1 unspecified atom stereocenters. The van der Waals surface area contributed by atoms with Gasteiger partial charge in [-0.15, -0.1) is 0 Å². The van der Waals surface area contributed by atoms with Crippen molar-refractivity contribution in [3.63, 3.8) is 0 Å². The molecule has 1 aliphatic rings. The number of carbonyl (C=O) groups is 2. The number of rotatable bonds is 6. The average Bonchev–Trinajstić information content (AvgIpc) is 2.50. The van der Waals surface area contributed by atoms with Gasteiger partial charge < -0.3 is 15.0 Å². The highest BCUT2D eigenvalue weighted by Gasteiger charge is 2.20. The Balaban J connectivity index is 2.18. The van der Waals surface area contributed by atoms with Crippen molar-refractivity contribution in [2.24, 2.45) is 0 Å². The topological polar surface area (TPSA) is 77.4 Å². The van der Waals surface area contributed by atoms with E-state index in [2.05, 4.69) is 0 Å². The number of aliphatic hydroxyl groups excluding tert-OH is 1. The molecular formula is C12H15O4-. The summed E-state index contributed by atoms with van der Waals surface area (Å²) >= 11 is 0. The monoisotopic (exact) mass is 223 g/mol. The van der Waals surface area contributed by atoms with E-state index in [0.717, 1.165) is 0 Å². The molecule has 1 rings (SSSR count). The number of carbonyl (C=O) groups excluding carboxylic acids is 2. The van der Waals surface area contributed by atoms with E-state index in [0.29, 0.717) is 24.8 Å². The lowest BCUT2D eigenvalue weighted by molar-refractivity contribution is -0.305. The highest BCUT2D eigenvalue weighted by atomic mass is 16.4. The number of hydrogen-bond acceptors (Lipinski definition) is 4. The van der Waals surface area contributed by atoms with E-state index in [1.54, 1.807) is 12.2 Å². The molecule has 0 amide bonds. The molecule has 1 aliphatic carbocycles. The number of Topliss-reactive ketones (excluding diaryl/α,β-unsaturated/α-hetero) is 1. The molecule has 0 bridgehead atoms. The minimum atomic E-state index is -1.05. The van der Waals surface area contributed by atoms with E-state index < -0.39 is 12.1 Å². The van der Waals surface area contributed by atoms with Crippen molar-refractivity contribution in [3.8, 4) is 0 Å². The molecule has 0 radical (unpaired) electrons. The average molecular weight is 223 g/mol.